The Labute approximate surface area is 136 Å². The first-order valence-corrected chi connectivity index (χ1v) is 8.81. The van der Waals surface area contributed by atoms with Crippen LogP contribution in [0.4, 0.5) is 0 Å². The molecule has 0 radical (unpaired) electrons. The third kappa shape index (κ3) is 4.21. The number of hydrogen-bond acceptors (Lipinski definition) is 4. The predicted molar refractivity (Wildman–Crippen MR) is 85.3 cm³/mol. The molecule has 2 rings (SSSR count). The van der Waals surface area contributed by atoms with Crippen LogP contribution >= 0.6 is 0 Å². The van der Waals surface area contributed by atoms with E-state index in [4.69, 9.17) is 9.84 Å². The van der Waals surface area contributed by atoms with Gasteiger partial charge in [0.25, 0.3) is 10.2 Å². The lowest BCUT2D eigenvalue weighted by Crippen LogP contribution is -2.47. The molecular weight excluding hydrogens is 320 g/mol. The number of ether oxygens (including phenoxy) is 1. The molecule has 0 saturated carbocycles. The normalized spacial score (nSPS) is 19.7. The SMILES string of the molecule is COc1cccc(CN(C)S(=O)(=O)N2CCC[C@@H](C(=O)O)C2)c1. The Bertz CT molecular complexity index is 662. The fraction of sp³-hybridized carbons (Fsp3) is 0.533. The summed E-state index contributed by atoms with van der Waals surface area (Å²) in [6.07, 6.45) is 1.07. The van der Waals surface area contributed by atoms with E-state index in [-0.39, 0.29) is 13.1 Å². The minimum atomic E-state index is -3.68. The van der Waals surface area contributed by atoms with Crippen molar-refractivity contribution in [2.24, 2.45) is 5.92 Å². The molecule has 0 unspecified atom stereocenters. The van der Waals surface area contributed by atoms with Crippen LogP contribution in [0.3, 0.4) is 0 Å². The summed E-state index contributed by atoms with van der Waals surface area (Å²) in [5.74, 6) is -0.915. The van der Waals surface area contributed by atoms with Gasteiger partial charge in [-0.1, -0.05) is 12.1 Å². The summed E-state index contributed by atoms with van der Waals surface area (Å²) >= 11 is 0. The predicted octanol–water partition coefficient (Wildman–Crippen LogP) is 1.17. The van der Waals surface area contributed by atoms with Crippen molar-refractivity contribution in [3.63, 3.8) is 0 Å². The Morgan fingerprint density at radius 3 is 2.87 bits per heavy atom. The zero-order valence-electron chi connectivity index (χ0n) is 13.3. The van der Waals surface area contributed by atoms with E-state index >= 15 is 0 Å². The van der Waals surface area contributed by atoms with Crippen molar-refractivity contribution in [3.8, 4) is 5.75 Å². The van der Waals surface area contributed by atoms with Gasteiger partial charge in [-0.3, -0.25) is 4.79 Å². The fourth-order valence-electron chi connectivity index (χ4n) is 2.66. The number of carboxylic acids is 1. The van der Waals surface area contributed by atoms with E-state index in [0.717, 1.165) is 5.56 Å². The Balaban J connectivity index is 2.10. The van der Waals surface area contributed by atoms with E-state index < -0.39 is 22.1 Å². The summed E-state index contributed by atoms with van der Waals surface area (Å²) < 4.78 is 32.9. The first-order chi connectivity index (χ1) is 10.8. The number of carboxylic acid groups (broad SMARTS) is 1. The lowest BCUT2D eigenvalue weighted by Gasteiger charge is -2.32. The first-order valence-electron chi connectivity index (χ1n) is 7.41. The number of aliphatic carboxylic acids is 1. The number of methoxy groups -OCH3 is 1. The highest BCUT2D eigenvalue weighted by molar-refractivity contribution is 7.86. The van der Waals surface area contributed by atoms with Crippen molar-refractivity contribution in [2.75, 3.05) is 27.2 Å². The standard InChI is InChI=1S/C15H22N2O5S/c1-16(10-12-5-3-7-14(9-12)22-2)23(20,21)17-8-4-6-13(11-17)15(18)19/h3,5,7,9,13H,4,6,8,10-11H2,1-2H3,(H,18,19)/t13-/m1/s1. The highest BCUT2D eigenvalue weighted by atomic mass is 32.2. The van der Waals surface area contributed by atoms with Gasteiger partial charge in [-0.15, -0.1) is 0 Å². The van der Waals surface area contributed by atoms with E-state index in [0.29, 0.717) is 25.1 Å². The Morgan fingerprint density at radius 2 is 2.22 bits per heavy atom. The molecule has 1 aromatic rings. The van der Waals surface area contributed by atoms with Crippen LogP contribution < -0.4 is 4.74 Å². The average Bonchev–Trinajstić information content (AvgIpc) is 2.55. The molecule has 1 aromatic carbocycles. The molecule has 0 amide bonds. The highest BCUT2D eigenvalue weighted by Gasteiger charge is 2.34. The van der Waals surface area contributed by atoms with Gasteiger partial charge in [-0.2, -0.15) is 17.0 Å². The number of benzene rings is 1. The van der Waals surface area contributed by atoms with Crippen LogP contribution in [0.2, 0.25) is 0 Å². The molecule has 23 heavy (non-hydrogen) atoms. The summed E-state index contributed by atoms with van der Waals surface area (Å²) in [5.41, 5.74) is 0.808. The van der Waals surface area contributed by atoms with Crippen LogP contribution in [0.1, 0.15) is 18.4 Å². The summed E-state index contributed by atoms with van der Waals surface area (Å²) in [4.78, 5) is 11.1. The van der Waals surface area contributed by atoms with Crippen LogP contribution in [0.5, 0.6) is 5.75 Å². The van der Waals surface area contributed by atoms with Gasteiger partial charge in [0.05, 0.1) is 13.0 Å². The monoisotopic (exact) mass is 342 g/mol. The highest BCUT2D eigenvalue weighted by Crippen LogP contribution is 2.22. The zero-order chi connectivity index (χ0) is 17.0. The molecule has 1 atom stereocenters. The van der Waals surface area contributed by atoms with Gasteiger partial charge in [0, 0.05) is 26.7 Å². The molecule has 0 aromatic heterocycles. The Hall–Kier alpha value is -1.64. The van der Waals surface area contributed by atoms with Crippen molar-refractivity contribution in [1.29, 1.82) is 0 Å². The van der Waals surface area contributed by atoms with Crippen molar-refractivity contribution < 1.29 is 23.1 Å². The van der Waals surface area contributed by atoms with Crippen LogP contribution in [-0.2, 0) is 21.5 Å². The topological polar surface area (TPSA) is 87.2 Å². The maximum Gasteiger partial charge on any atom is 0.307 e. The van der Waals surface area contributed by atoms with Gasteiger partial charge in [0.15, 0.2) is 0 Å². The first kappa shape index (κ1) is 17.7. The molecule has 1 aliphatic rings. The number of rotatable bonds is 6. The van der Waals surface area contributed by atoms with Gasteiger partial charge in [0.1, 0.15) is 5.75 Å². The molecule has 1 fully saturated rings. The second kappa shape index (κ2) is 7.29. The third-order valence-corrected chi connectivity index (χ3v) is 5.89. The zero-order valence-corrected chi connectivity index (χ0v) is 14.1. The minimum absolute atomic E-state index is 0.0279. The molecule has 8 heteroatoms. The summed E-state index contributed by atoms with van der Waals surface area (Å²) in [6.45, 7) is 0.586. The van der Waals surface area contributed by atoms with Crippen molar-refractivity contribution in [2.45, 2.75) is 19.4 Å². The van der Waals surface area contributed by atoms with Crippen molar-refractivity contribution in [3.05, 3.63) is 29.8 Å². The minimum Gasteiger partial charge on any atom is -0.497 e. The van der Waals surface area contributed by atoms with Crippen molar-refractivity contribution in [1.82, 2.24) is 8.61 Å². The molecular formula is C15H22N2O5S. The number of carbonyl (C=O) groups is 1. The molecule has 7 nitrogen and oxygen atoms in total. The van der Waals surface area contributed by atoms with E-state index in [1.807, 2.05) is 6.07 Å². The van der Waals surface area contributed by atoms with Crippen molar-refractivity contribution >= 4 is 16.2 Å². The largest absolute Gasteiger partial charge is 0.497 e. The van der Waals surface area contributed by atoms with E-state index in [2.05, 4.69) is 0 Å². The quantitative estimate of drug-likeness (QED) is 0.838. The maximum absolute atomic E-state index is 12.6. The van der Waals surface area contributed by atoms with E-state index in [1.165, 1.54) is 15.7 Å². The van der Waals surface area contributed by atoms with Crippen LogP contribution in [0.25, 0.3) is 0 Å². The smallest absolute Gasteiger partial charge is 0.307 e. The Morgan fingerprint density at radius 1 is 1.48 bits per heavy atom. The maximum atomic E-state index is 12.6. The molecule has 1 N–H and O–H groups in total. The van der Waals surface area contributed by atoms with Gasteiger partial charge in [0.2, 0.25) is 0 Å². The van der Waals surface area contributed by atoms with Gasteiger partial charge < -0.3 is 9.84 Å². The third-order valence-electron chi connectivity index (χ3n) is 3.99. The lowest BCUT2D eigenvalue weighted by molar-refractivity contribution is -0.142. The van der Waals surface area contributed by atoms with Gasteiger partial charge in [-0.05, 0) is 30.5 Å². The number of hydrogen-bond donors (Lipinski definition) is 1. The summed E-state index contributed by atoms with van der Waals surface area (Å²) in [7, 11) is -0.630. The van der Waals surface area contributed by atoms with Crippen LogP contribution in [0, 0.1) is 5.92 Å². The van der Waals surface area contributed by atoms with Gasteiger partial charge >= 0.3 is 5.97 Å². The molecule has 0 bridgehead atoms. The molecule has 0 aliphatic carbocycles. The fourth-order valence-corrected chi connectivity index (χ4v) is 4.09. The number of nitrogens with zero attached hydrogens (tertiary/aromatic N) is 2. The van der Waals surface area contributed by atoms with E-state index in [9.17, 15) is 13.2 Å². The average molecular weight is 342 g/mol. The van der Waals surface area contributed by atoms with Gasteiger partial charge in [-0.25, -0.2) is 0 Å². The second-order valence-electron chi connectivity index (χ2n) is 5.65. The molecule has 1 aliphatic heterocycles. The molecule has 0 spiro atoms. The van der Waals surface area contributed by atoms with Crippen LogP contribution in [-0.4, -0.2) is 55.4 Å². The second-order valence-corrected chi connectivity index (χ2v) is 7.69. The Kier molecular flexibility index (Phi) is 5.61. The molecule has 1 heterocycles. The lowest BCUT2D eigenvalue weighted by atomic mass is 10.0. The summed E-state index contributed by atoms with van der Waals surface area (Å²) in [5, 5.41) is 9.10. The van der Waals surface area contributed by atoms with Crippen LogP contribution in [0.15, 0.2) is 24.3 Å². The summed E-state index contributed by atoms with van der Waals surface area (Å²) in [6, 6.07) is 7.20. The molecule has 128 valence electrons. The number of piperidine rings is 1. The molecule has 1 saturated heterocycles. The van der Waals surface area contributed by atoms with E-state index in [1.54, 1.807) is 25.3 Å².